The summed E-state index contributed by atoms with van der Waals surface area (Å²) in [7, 11) is 0. The molecule has 2 aromatic rings. The van der Waals surface area contributed by atoms with Gasteiger partial charge in [-0.3, -0.25) is 0 Å². The number of hydrogen-bond donors (Lipinski definition) is 1. The van der Waals surface area contributed by atoms with Crippen molar-refractivity contribution in [2.75, 3.05) is 5.75 Å². The van der Waals surface area contributed by atoms with Gasteiger partial charge in [0, 0.05) is 16.7 Å². The summed E-state index contributed by atoms with van der Waals surface area (Å²) in [4.78, 5) is 1.23. The topological polar surface area (TPSA) is 26.0 Å². The van der Waals surface area contributed by atoms with E-state index in [2.05, 4.69) is 19.1 Å². The molecule has 1 atom stereocenters. The fraction of sp³-hybridized carbons (Fsp3) is 0.250. The quantitative estimate of drug-likeness (QED) is 0.845. The van der Waals surface area contributed by atoms with Gasteiger partial charge in [-0.05, 0) is 48.7 Å². The molecule has 0 aliphatic heterocycles. The van der Waals surface area contributed by atoms with Crippen molar-refractivity contribution in [3.05, 3.63) is 65.0 Å². The Hall–Kier alpha value is -1.32. The first-order chi connectivity index (χ1) is 9.08. The second-order valence-electron chi connectivity index (χ2n) is 4.68. The Labute approximate surface area is 118 Å². The lowest BCUT2D eigenvalue weighted by Gasteiger charge is -2.15. The summed E-state index contributed by atoms with van der Waals surface area (Å²) in [5.74, 6) is 0.520. The normalized spacial score (nSPS) is 12.4. The van der Waals surface area contributed by atoms with Crippen LogP contribution in [-0.4, -0.2) is 5.75 Å². The fourth-order valence-corrected chi connectivity index (χ4v) is 3.01. The van der Waals surface area contributed by atoms with E-state index in [1.165, 1.54) is 16.5 Å². The molecule has 0 bridgehead atoms. The van der Waals surface area contributed by atoms with E-state index < -0.39 is 0 Å². The average molecular weight is 275 g/mol. The molecule has 0 spiro atoms. The van der Waals surface area contributed by atoms with E-state index in [0.29, 0.717) is 0 Å². The number of hydrogen-bond acceptors (Lipinski definition) is 2. The predicted octanol–water partition coefficient (Wildman–Crippen LogP) is 4.23. The minimum absolute atomic E-state index is 0.152. The molecule has 0 saturated heterocycles. The highest BCUT2D eigenvalue weighted by Gasteiger charge is 2.11. The zero-order valence-corrected chi connectivity index (χ0v) is 12.0. The van der Waals surface area contributed by atoms with Crippen LogP contribution in [0, 0.1) is 19.7 Å². The number of halogens is 1. The van der Waals surface area contributed by atoms with E-state index in [1.54, 1.807) is 23.9 Å². The predicted molar refractivity (Wildman–Crippen MR) is 80.0 cm³/mol. The van der Waals surface area contributed by atoms with Gasteiger partial charge in [-0.1, -0.05) is 24.3 Å². The highest BCUT2D eigenvalue weighted by Crippen LogP contribution is 2.27. The van der Waals surface area contributed by atoms with Gasteiger partial charge < -0.3 is 5.73 Å². The second-order valence-corrected chi connectivity index (χ2v) is 5.75. The Morgan fingerprint density at radius 3 is 2.58 bits per heavy atom. The Morgan fingerprint density at radius 2 is 1.84 bits per heavy atom. The Morgan fingerprint density at radius 1 is 1.11 bits per heavy atom. The maximum atomic E-state index is 13.3. The fourth-order valence-electron chi connectivity index (χ4n) is 2.00. The average Bonchev–Trinajstić information content (AvgIpc) is 2.40. The minimum Gasteiger partial charge on any atom is -0.323 e. The minimum atomic E-state index is -0.225. The number of benzene rings is 2. The van der Waals surface area contributed by atoms with Crippen LogP contribution in [0.2, 0.25) is 0 Å². The second kappa shape index (κ2) is 6.22. The molecule has 1 unspecified atom stereocenters. The molecular formula is C16H18FNS. The van der Waals surface area contributed by atoms with E-state index >= 15 is 0 Å². The molecule has 0 radical (unpaired) electrons. The molecule has 2 aromatic carbocycles. The molecule has 100 valence electrons. The largest absolute Gasteiger partial charge is 0.323 e. The van der Waals surface area contributed by atoms with E-state index in [1.807, 2.05) is 19.1 Å². The van der Waals surface area contributed by atoms with Crippen molar-refractivity contribution in [3.8, 4) is 0 Å². The van der Waals surface area contributed by atoms with Crippen molar-refractivity contribution in [1.29, 1.82) is 0 Å². The SMILES string of the molecule is Cc1ccccc1SCC(N)c1cc(F)ccc1C. The molecule has 0 amide bonds. The van der Waals surface area contributed by atoms with Crippen LogP contribution < -0.4 is 5.73 Å². The first-order valence-electron chi connectivity index (χ1n) is 6.28. The highest BCUT2D eigenvalue weighted by molar-refractivity contribution is 7.99. The van der Waals surface area contributed by atoms with Crippen LogP contribution in [0.25, 0.3) is 0 Å². The van der Waals surface area contributed by atoms with E-state index in [0.717, 1.165) is 16.9 Å². The third kappa shape index (κ3) is 3.58. The zero-order valence-electron chi connectivity index (χ0n) is 11.2. The summed E-state index contributed by atoms with van der Waals surface area (Å²) in [6.07, 6.45) is 0. The lowest BCUT2D eigenvalue weighted by Crippen LogP contribution is -2.14. The molecule has 3 heteroatoms. The summed E-state index contributed by atoms with van der Waals surface area (Å²) < 4.78 is 13.3. The van der Waals surface area contributed by atoms with Gasteiger partial charge in [0.1, 0.15) is 5.82 Å². The Kier molecular flexibility index (Phi) is 4.61. The lowest BCUT2D eigenvalue weighted by molar-refractivity contribution is 0.621. The van der Waals surface area contributed by atoms with Crippen LogP contribution in [0.3, 0.4) is 0 Å². The van der Waals surface area contributed by atoms with Gasteiger partial charge in [-0.25, -0.2) is 4.39 Å². The Balaban J connectivity index is 2.07. The first-order valence-corrected chi connectivity index (χ1v) is 7.26. The number of aryl methyl sites for hydroxylation is 2. The summed E-state index contributed by atoms with van der Waals surface area (Å²) >= 11 is 1.72. The van der Waals surface area contributed by atoms with Gasteiger partial charge in [-0.2, -0.15) is 0 Å². The molecule has 2 N–H and O–H groups in total. The summed E-state index contributed by atoms with van der Waals surface area (Å²) in [6.45, 7) is 4.05. The molecule has 0 aliphatic rings. The van der Waals surface area contributed by atoms with Crippen LogP contribution in [0.1, 0.15) is 22.7 Å². The highest BCUT2D eigenvalue weighted by atomic mass is 32.2. The Bertz CT molecular complexity index is 568. The molecule has 1 nitrogen and oxygen atoms in total. The molecule has 19 heavy (non-hydrogen) atoms. The third-order valence-electron chi connectivity index (χ3n) is 3.15. The van der Waals surface area contributed by atoms with Crippen molar-refractivity contribution >= 4 is 11.8 Å². The van der Waals surface area contributed by atoms with Crippen molar-refractivity contribution in [2.24, 2.45) is 5.73 Å². The van der Waals surface area contributed by atoms with Crippen molar-refractivity contribution < 1.29 is 4.39 Å². The lowest BCUT2D eigenvalue weighted by atomic mass is 10.0. The smallest absolute Gasteiger partial charge is 0.123 e. The van der Waals surface area contributed by atoms with Crippen molar-refractivity contribution in [2.45, 2.75) is 24.8 Å². The molecule has 2 rings (SSSR count). The van der Waals surface area contributed by atoms with Gasteiger partial charge in [0.25, 0.3) is 0 Å². The standard InChI is InChI=1S/C16H18FNS/c1-11-7-8-13(17)9-14(11)15(18)10-19-16-6-4-3-5-12(16)2/h3-9,15H,10,18H2,1-2H3. The van der Waals surface area contributed by atoms with Crippen LogP contribution in [0.5, 0.6) is 0 Å². The molecular weight excluding hydrogens is 257 g/mol. The van der Waals surface area contributed by atoms with Gasteiger partial charge in [-0.15, -0.1) is 11.8 Å². The third-order valence-corrected chi connectivity index (χ3v) is 4.45. The molecule has 0 saturated carbocycles. The summed E-state index contributed by atoms with van der Waals surface area (Å²) in [6, 6.07) is 12.9. The van der Waals surface area contributed by atoms with E-state index in [-0.39, 0.29) is 11.9 Å². The van der Waals surface area contributed by atoms with Crippen LogP contribution >= 0.6 is 11.8 Å². The summed E-state index contributed by atoms with van der Waals surface area (Å²) in [5, 5.41) is 0. The van der Waals surface area contributed by atoms with Crippen LogP contribution in [0.15, 0.2) is 47.4 Å². The monoisotopic (exact) mass is 275 g/mol. The number of nitrogens with two attached hydrogens (primary N) is 1. The van der Waals surface area contributed by atoms with E-state index in [4.69, 9.17) is 5.73 Å². The zero-order chi connectivity index (χ0) is 13.8. The molecule has 0 fully saturated rings. The van der Waals surface area contributed by atoms with E-state index in [9.17, 15) is 4.39 Å². The van der Waals surface area contributed by atoms with Gasteiger partial charge in [0.15, 0.2) is 0 Å². The molecule has 0 aliphatic carbocycles. The van der Waals surface area contributed by atoms with Gasteiger partial charge >= 0.3 is 0 Å². The summed E-state index contributed by atoms with van der Waals surface area (Å²) in [5.41, 5.74) is 9.35. The van der Waals surface area contributed by atoms with Gasteiger partial charge in [0.2, 0.25) is 0 Å². The van der Waals surface area contributed by atoms with Gasteiger partial charge in [0.05, 0.1) is 0 Å². The van der Waals surface area contributed by atoms with Crippen molar-refractivity contribution in [1.82, 2.24) is 0 Å². The molecule has 0 aromatic heterocycles. The number of thioether (sulfide) groups is 1. The maximum absolute atomic E-state index is 13.3. The first kappa shape index (κ1) is 14.1. The van der Waals surface area contributed by atoms with Crippen LogP contribution in [-0.2, 0) is 0 Å². The maximum Gasteiger partial charge on any atom is 0.123 e. The van der Waals surface area contributed by atoms with Crippen molar-refractivity contribution in [3.63, 3.8) is 0 Å². The van der Waals surface area contributed by atoms with Crippen LogP contribution in [0.4, 0.5) is 4.39 Å². The number of rotatable bonds is 4. The molecule has 0 heterocycles.